The minimum absolute atomic E-state index is 0.307. The van der Waals surface area contributed by atoms with Crippen LogP contribution in [0.3, 0.4) is 0 Å². The van der Waals surface area contributed by atoms with Gasteiger partial charge in [-0.25, -0.2) is 14.8 Å². The molecule has 2 N–H and O–H groups in total. The van der Waals surface area contributed by atoms with Crippen LogP contribution in [0.25, 0.3) is 0 Å². The summed E-state index contributed by atoms with van der Waals surface area (Å²) in [5, 5.41) is 1.49. The van der Waals surface area contributed by atoms with E-state index >= 15 is 0 Å². The Morgan fingerprint density at radius 2 is 2.05 bits per heavy atom. The van der Waals surface area contributed by atoms with E-state index in [-0.39, 0.29) is 0 Å². The second-order valence-corrected chi connectivity index (χ2v) is 5.60. The van der Waals surface area contributed by atoms with Crippen LogP contribution in [0, 0.1) is 13.8 Å². The molecule has 0 fully saturated rings. The predicted octanol–water partition coefficient (Wildman–Crippen LogP) is 3.00. The molecule has 0 bridgehead atoms. The summed E-state index contributed by atoms with van der Waals surface area (Å²) in [4.78, 5) is 20.5. The molecule has 2 heterocycles. The Morgan fingerprint density at radius 3 is 2.71 bits per heavy atom. The number of rotatable bonds is 4. The summed E-state index contributed by atoms with van der Waals surface area (Å²) in [6.07, 6.45) is 1.47. The van der Waals surface area contributed by atoms with Crippen LogP contribution in [0.15, 0.2) is 34.4 Å². The highest BCUT2D eigenvalue weighted by Crippen LogP contribution is 2.27. The fraction of sp³-hybridized carbons (Fsp3) is 0.267. The molecule has 0 aromatic carbocycles. The Labute approximate surface area is 127 Å². The van der Waals surface area contributed by atoms with Gasteiger partial charge < -0.3 is 10.5 Å². The highest BCUT2D eigenvalue weighted by atomic mass is 32.2. The molecule has 0 atom stereocenters. The maximum atomic E-state index is 11.8. The number of nitrogens with zero attached hydrogens (tertiary/aromatic N) is 2. The van der Waals surface area contributed by atoms with Crippen molar-refractivity contribution in [1.82, 2.24) is 9.97 Å². The van der Waals surface area contributed by atoms with Gasteiger partial charge in [-0.15, -0.1) is 0 Å². The zero-order valence-electron chi connectivity index (χ0n) is 12.2. The maximum Gasteiger partial charge on any atom is 0.340 e. The first-order valence-corrected chi connectivity index (χ1v) is 7.37. The van der Waals surface area contributed by atoms with Crippen molar-refractivity contribution in [2.45, 2.75) is 30.8 Å². The Bertz CT molecular complexity index is 654. The van der Waals surface area contributed by atoms with E-state index < -0.39 is 5.97 Å². The quantitative estimate of drug-likeness (QED) is 0.875. The van der Waals surface area contributed by atoms with Crippen LogP contribution >= 0.6 is 11.8 Å². The second kappa shape index (κ2) is 6.58. The van der Waals surface area contributed by atoms with Crippen molar-refractivity contribution in [3.63, 3.8) is 0 Å². The second-order valence-electron chi connectivity index (χ2n) is 4.56. The lowest BCUT2D eigenvalue weighted by molar-refractivity contribution is 0.0527. The van der Waals surface area contributed by atoms with Gasteiger partial charge in [0.15, 0.2) is 0 Å². The predicted molar refractivity (Wildman–Crippen MR) is 82.4 cm³/mol. The molecule has 0 radical (unpaired) electrons. The fourth-order valence-corrected chi connectivity index (χ4v) is 2.78. The molecule has 0 spiro atoms. The Hall–Kier alpha value is -2.08. The van der Waals surface area contributed by atoms with Crippen LogP contribution in [0.1, 0.15) is 28.5 Å². The summed E-state index contributed by atoms with van der Waals surface area (Å²) in [6, 6.07) is 5.61. The van der Waals surface area contributed by atoms with Crippen molar-refractivity contribution >= 4 is 23.4 Å². The monoisotopic (exact) mass is 303 g/mol. The summed E-state index contributed by atoms with van der Waals surface area (Å²) in [6.45, 7) is 6.02. The average Bonchev–Trinajstić information content (AvgIpc) is 2.40. The third kappa shape index (κ3) is 3.95. The molecule has 2 rings (SSSR count). The first-order valence-electron chi connectivity index (χ1n) is 6.55. The summed E-state index contributed by atoms with van der Waals surface area (Å²) in [5.74, 6) is -0.437. The molecule has 0 amide bonds. The number of carbonyl (C=O) groups excluding carboxylic acids is 1. The Balaban J connectivity index is 2.28. The molecule has 0 saturated heterocycles. The van der Waals surface area contributed by atoms with Gasteiger partial charge in [0.1, 0.15) is 10.1 Å². The van der Waals surface area contributed by atoms with E-state index in [1.807, 2.05) is 26.0 Å². The van der Waals surface area contributed by atoms with Gasteiger partial charge in [-0.3, -0.25) is 0 Å². The van der Waals surface area contributed by atoms with E-state index in [1.54, 1.807) is 13.0 Å². The normalized spacial score (nSPS) is 10.4. The van der Waals surface area contributed by atoms with Crippen LogP contribution in [0.4, 0.5) is 5.69 Å². The van der Waals surface area contributed by atoms with Crippen molar-refractivity contribution in [2.24, 2.45) is 0 Å². The fourth-order valence-electron chi connectivity index (χ4n) is 1.85. The van der Waals surface area contributed by atoms with Crippen molar-refractivity contribution in [3.8, 4) is 0 Å². The number of nitrogen functional groups attached to an aromatic ring is 1. The van der Waals surface area contributed by atoms with E-state index in [0.29, 0.717) is 22.9 Å². The van der Waals surface area contributed by atoms with Gasteiger partial charge in [0.05, 0.1) is 24.1 Å². The number of hydrogen-bond donors (Lipinski definition) is 1. The number of nitrogens with two attached hydrogens (primary N) is 1. The third-order valence-corrected chi connectivity index (χ3v) is 3.54. The van der Waals surface area contributed by atoms with E-state index in [9.17, 15) is 4.79 Å². The van der Waals surface area contributed by atoms with E-state index in [1.165, 1.54) is 18.0 Å². The molecule has 110 valence electrons. The van der Waals surface area contributed by atoms with Crippen molar-refractivity contribution in [1.29, 1.82) is 0 Å². The minimum atomic E-state index is -0.437. The van der Waals surface area contributed by atoms with E-state index in [2.05, 4.69) is 9.97 Å². The van der Waals surface area contributed by atoms with Gasteiger partial charge in [-0.05, 0) is 44.5 Å². The van der Waals surface area contributed by atoms with Gasteiger partial charge in [-0.2, -0.15) is 0 Å². The molecular formula is C15H17N3O2S. The summed E-state index contributed by atoms with van der Waals surface area (Å²) < 4.78 is 4.98. The largest absolute Gasteiger partial charge is 0.462 e. The summed E-state index contributed by atoms with van der Waals surface area (Å²) in [5.41, 5.74) is 8.49. The van der Waals surface area contributed by atoms with Crippen molar-refractivity contribution in [2.75, 3.05) is 12.3 Å². The topological polar surface area (TPSA) is 78.1 Å². The number of anilines is 1. The molecular weight excluding hydrogens is 286 g/mol. The Morgan fingerprint density at radius 1 is 1.29 bits per heavy atom. The number of hydrogen-bond acceptors (Lipinski definition) is 6. The number of ether oxygens (including phenoxy) is 1. The lowest BCUT2D eigenvalue weighted by Gasteiger charge is -2.07. The SMILES string of the molecule is CCOC(=O)c1cc(Sc2cc(C)cc(C)n2)ncc1N. The highest BCUT2D eigenvalue weighted by molar-refractivity contribution is 7.99. The molecule has 21 heavy (non-hydrogen) atoms. The van der Waals surface area contributed by atoms with Gasteiger partial charge >= 0.3 is 5.97 Å². The lowest BCUT2D eigenvalue weighted by Crippen LogP contribution is -2.08. The Kier molecular flexibility index (Phi) is 4.80. The smallest absolute Gasteiger partial charge is 0.340 e. The van der Waals surface area contributed by atoms with E-state index in [0.717, 1.165) is 16.3 Å². The number of aryl methyl sites for hydroxylation is 2. The first-order chi connectivity index (χ1) is 9.99. The van der Waals surface area contributed by atoms with Crippen LogP contribution in [0.5, 0.6) is 0 Å². The number of carbonyl (C=O) groups is 1. The van der Waals surface area contributed by atoms with Gasteiger partial charge in [0.2, 0.25) is 0 Å². The molecule has 0 saturated carbocycles. The van der Waals surface area contributed by atoms with Crippen LogP contribution in [0.2, 0.25) is 0 Å². The minimum Gasteiger partial charge on any atom is -0.462 e. The summed E-state index contributed by atoms with van der Waals surface area (Å²) in [7, 11) is 0. The number of esters is 1. The molecule has 2 aromatic rings. The van der Waals surface area contributed by atoms with Crippen LogP contribution < -0.4 is 5.73 Å². The molecule has 5 nitrogen and oxygen atoms in total. The molecule has 0 aliphatic heterocycles. The third-order valence-electron chi connectivity index (χ3n) is 2.69. The van der Waals surface area contributed by atoms with E-state index in [4.69, 9.17) is 10.5 Å². The van der Waals surface area contributed by atoms with Gasteiger partial charge in [0.25, 0.3) is 0 Å². The summed E-state index contributed by atoms with van der Waals surface area (Å²) >= 11 is 1.39. The zero-order chi connectivity index (χ0) is 15.4. The molecule has 0 unspecified atom stereocenters. The van der Waals surface area contributed by atoms with Gasteiger partial charge in [0, 0.05) is 5.69 Å². The average molecular weight is 303 g/mol. The molecule has 2 aromatic heterocycles. The maximum absolute atomic E-state index is 11.8. The number of pyridine rings is 2. The molecule has 0 aliphatic carbocycles. The van der Waals surface area contributed by atoms with Crippen LogP contribution in [-0.4, -0.2) is 22.5 Å². The van der Waals surface area contributed by atoms with Gasteiger partial charge in [-0.1, -0.05) is 11.8 Å². The zero-order valence-corrected chi connectivity index (χ0v) is 13.0. The molecule has 6 heteroatoms. The highest BCUT2D eigenvalue weighted by Gasteiger charge is 2.13. The number of aromatic nitrogens is 2. The van der Waals surface area contributed by atoms with Crippen molar-refractivity contribution < 1.29 is 9.53 Å². The first kappa shape index (κ1) is 15.3. The lowest BCUT2D eigenvalue weighted by atomic mass is 10.2. The van der Waals surface area contributed by atoms with Crippen molar-refractivity contribution in [3.05, 3.63) is 41.2 Å². The van der Waals surface area contributed by atoms with Crippen LogP contribution in [-0.2, 0) is 4.74 Å². The standard InChI is InChI=1S/C15H17N3O2S/c1-4-20-15(19)11-7-13(17-8-12(11)16)21-14-6-9(2)5-10(3)18-14/h5-8H,4,16H2,1-3H3. The molecule has 0 aliphatic rings.